The summed E-state index contributed by atoms with van der Waals surface area (Å²) in [5, 5.41) is 0. The van der Waals surface area contributed by atoms with Crippen molar-refractivity contribution in [3.05, 3.63) is 12.2 Å². The Hall–Kier alpha value is -0.290. The molecule has 22 heavy (non-hydrogen) atoms. The molecule has 0 aliphatic carbocycles. The van der Waals surface area contributed by atoms with Crippen molar-refractivity contribution in [3.63, 3.8) is 0 Å². The Kier molecular flexibility index (Phi) is 4.41. The van der Waals surface area contributed by atoms with Crippen molar-refractivity contribution in [1.82, 2.24) is 0 Å². The summed E-state index contributed by atoms with van der Waals surface area (Å²) in [6.45, 7) is 18.5. The van der Waals surface area contributed by atoms with E-state index >= 15 is 0 Å². The standard InChI is InChI=1S/C16H30B2O4/c1-10-11-12(17-19-13(2,3)14(4,5)20-17)18-21-15(6,7)16(8,9)22-18/h10-12H,1-9H3/b11-10-. The summed E-state index contributed by atoms with van der Waals surface area (Å²) in [4.78, 5) is 0. The van der Waals surface area contributed by atoms with Gasteiger partial charge in [-0.1, -0.05) is 12.2 Å². The van der Waals surface area contributed by atoms with E-state index in [0.29, 0.717) is 0 Å². The van der Waals surface area contributed by atoms with Crippen molar-refractivity contribution < 1.29 is 18.6 Å². The molecule has 0 aromatic heterocycles. The normalized spacial score (nSPS) is 29.0. The van der Waals surface area contributed by atoms with Crippen LogP contribution in [0.1, 0.15) is 62.3 Å². The van der Waals surface area contributed by atoms with Gasteiger partial charge >= 0.3 is 14.2 Å². The van der Waals surface area contributed by atoms with Gasteiger partial charge in [-0.15, -0.1) is 0 Å². The molecule has 6 heteroatoms. The lowest BCUT2D eigenvalue weighted by molar-refractivity contribution is 0.00578. The van der Waals surface area contributed by atoms with Crippen LogP contribution in [0.2, 0.25) is 5.72 Å². The van der Waals surface area contributed by atoms with Gasteiger partial charge in [0.15, 0.2) is 0 Å². The van der Waals surface area contributed by atoms with Crippen LogP contribution in [0, 0.1) is 0 Å². The molecule has 2 rings (SSSR count). The Morgan fingerprint density at radius 3 is 1.14 bits per heavy atom. The summed E-state index contributed by atoms with van der Waals surface area (Å²) in [5.41, 5.74) is -1.54. The largest absolute Gasteiger partial charge is 0.462 e. The minimum absolute atomic E-state index is 0.105. The summed E-state index contributed by atoms with van der Waals surface area (Å²) >= 11 is 0. The maximum atomic E-state index is 6.19. The lowest BCUT2D eigenvalue weighted by atomic mass is 9.51. The van der Waals surface area contributed by atoms with Crippen LogP contribution in [0.4, 0.5) is 0 Å². The summed E-state index contributed by atoms with van der Waals surface area (Å²) in [6.07, 6.45) is 4.06. The fraction of sp³-hybridized carbons (Fsp3) is 0.875. The van der Waals surface area contributed by atoms with Crippen LogP contribution in [-0.4, -0.2) is 36.6 Å². The highest BCUT2D eigenvalue weighted by Gasteiger charge is 2.61. The van der Waals surface area contributed by atoms with E-state index in [0.717, 1.165) is 0 Å². The Labute approximate surface area is 136 Å². The summed E-state index contributed by atoms with van der Waals surface area (Å²) in [5.74, 6) is 0. The van der Waals surface area contributed by atoms with Crippen molar-refractivity contribution in [2.24, 2.45) is 0 Å². The highest BCUT2D eigenvalue weighted by Crippen LogP contribution is 2.45. The molecule has 0 radical (unpaired) electrons. The summed E-state index contributed by atoms with van der Waals surface area (Å²) in [7, 11) is -0.758. The molecule has 2 heterocycles. The molecule has 2 aliphatic rings. The fourth-order valence-electron chi connectivity index (χ4n) is 2.62. The zero-order chi connectivity index (χ0) is 17.0. The van der Waals surface area contributed by atoms with Crippen LogP contribution in [0.3, 0.4) is 0 Å². The van der Waals surface area contributed by atoms with Crippen molar-refractivity contribution in [2.45, 2.75) is 90.4 Å². The molecule has 0 atom stereocenters. The van der Waals surface area contributed by atoms with Gasteiger partial charge in [-0.2, -0.15) is 0 Å². The highest BCUT2D eigenvalue weighted by atomic mass is 16.7. The Morgan fingerprint density at radius 1 is 0.636 bits per heavy atom. The van der Waals surface area contributed by atoms with Crippen LogP contribution in [0.25, 0.3) is 0 Å². The second kappa shape index (κ2) is 5.37. The first-order chi connectivity index (χ1) is 9.83. The first kappa shape index (κ1) is 18.1. The van der Waals surface area contributed by atoms with Gasteiger partial charge in [-0.25, -0.2) is 0 Å². The Balaban J connectivity index is 2.23. The molecule has 0 spiro atoms. The van der Waals surface area contributed by atoms with Crippen LogP contribution >= 0.6 is 0 Å². The lowest BCUT2D eigenvalue weighted by Crippen LogP contribution is -2.41. The van der Waals surface area contributed by atoms with Crippen molar-refractivity contribution >= 4 is 14.2 Å². The van der Waals surface area contributed by atoms with E-state index in [1.165, 1.54) is 0 Å². The van der Waals surface area contributed by atoms with E-state index in [4.69, 9.17) is 18.6 Å². The van der Waals surface area contributed by atoms with Crippen LogP contribution < -0.4 is 0 Å². The van der Waals surface area contributed by atoms with Crippen LogP contribution in [0.15, 0.2) is 12.2 Å². The molecule has 2 fully saturated rings. The molecule has 0 bridgehead atoms. The minimum Gasteiger partial charge on any atom is -0.403 e. The number of hydrogen-bond acceptors (Lipinski definition) is 4. The van der Waals surface area contributed by atoms with Gasteiger partial charge in [0.25, 0.3) is 0 Å². The molecule has 0 aromatic carbocycles. The maximum Gasteiger partial charge on any atom is 0.462 e. The smallest absolute Gasteiger partial charge is 0.403 e. The predicted octanol–water partition coefficient (Wildman–Crippen LogP) is 3.66. The topological polar surface area (TPSA) is 36.9 Å². The van der Waals surface area contributed by atoms with Crippen molar-refractivity contribution in [1.29, 1.82) is 0 Å². The first-order valence-corrected chi connectivity index (χ1v) is 8.17. The molecular formula is C16H30B2O4. The van der Waals surface area contributed by atoms with Crippen LogP contribution in [0.5, 0.6) is 0 Å². The van der Waals surface area contributed by atoms with Gasteiger partial charge in [-0.05, 0) is 62.3 Å². The SMILES string of the molecule is C/C=C\C(B1OC(C)(C)C(C)(C)O1)B1OC(C)(C)C(C)(C)O1. The van der Waals surface area contributed by atoms with Gasteiger partial charge in [0.2, 0.25) is 0 Å². The summed E-state index contributed by atoms with van der Waals surface area (Å²) < 4.78 is 24.8. The summed E-state index contributed by atoms with van der Waals surface area (Å²) in [6, 6.07) is 0. The monoisotopic (exact) mass is 308 g/mol. The second-order valence-electron chi connectivity index (χ2n) is 8.35. The lowest BCUT2D eigenvalue weighted by Gasteiger charge is -2.32. The van der Waals surface area contributed by atoms with Gasteiger partial charge in [-0.3, -0.25) is 0 Å². The molecular weight excluding hydrogens is 278 g/mol. The second-order valence-corrected chi connectivity index (χ2v) is 8.35. The van der Waals surface area contributed by atoms with E-state index in [2.05, 4.69) is 61.5 Å². The maximum absolute atomic E-state index is 6.19. The van der Waals surface area contributed by atoms with E-state index in [9.17, 15) is 0 Å². The molecule has 0 amide bonds. The fourth-order valence-corrected chi connectivity index (χ4v) is 2.62. The molecule has 0 saturated carbocycles. The van der Waals surface area contributed by atoms with Gasteiger partial charge in [0, 0.05) is 5.72 Å². The average Bonchev–Trinajstić information content (AvgIpc) is 2.65. The van der Waals surface area contributed by atoms with E-state index in [-0.39, 0.29) is 42.4 Å². The third kappa shape index (κ3) is 2.91. The predicted molar refractivity (Wildman–Crippen MR) is 90.7 cm³/mol. The number of allylic oxidation sites excluding steroid dienone is 2. The highest BCUT2D eigenvalue weighted by molar-refractivity contribution is 6.69. The zero-order valence-corrected chi connectivity index (χ0v) is 15.5. The van der Waals surface area contributed by atoms with Gasteiger partial charge < -0.3 is 18.6 Å². The Morgan fingerprint density at radius 2 is 0.909 bits per heavy atom. The molecule has 4 nitrogen and oxygen atoms in total. The average molecular weight is 308 g/mol. The van der Waals surface area contributed by atoms with Crippen molar-refractivity contribution in [3.8, 4) is 0 Å². The quantitative estimate of drug-likeness (QED) is 0.589. The molecule has 2 saturated heterocycles. The zero-order valence-electron chi connectivity index (χ0n) is 15.5. The van der Waals surface area contributed by atoms with E-state index in [1.807, 2.05) is 13.0 Å². The van der Waals surface area contributed by atoms with Crippen molar-refractivity contribution in [2.75, 3.05) is 0 Å². The van der Waals surface area contributed by atoms with E-state index < -0.39 is 0 Å². The third-order valence-corrected chi connectivity index (χ3v) is 5.59. The van der Waals surface area contributed by atoms with E-state index in [1.54, 1.807) is 0 Å². The minimum atomic E-state index is -0.379. The first-order valence-electron chi connectivity index (χ1n) is 8.17. The van der Waals surface area contributed by atoms with Gasteiger partial charge in [0.05, 0.1) is 22.4 Å². The molecule has 124 valence electrons. The molecule has 0 N–H and O–H groups in total. The Bertz CT molecular complexity index is 389. The molecule has 0 aromatic rings. The molecule has 2 aliphatic heterocycles. The van der Waals surface area contributed by atoms with Crippen LogP contribution in [-0.2, 0) is 18.6 Å². The number of rotatable bonds is 3. The number of hydrogen-bond donors (Lipinski definition) is 0. The van der Waals surface area contributed by atoms with Gasteiger partial charge in [0.1, 0.15) is 0 Å². The third-order valence-electron chi connectivity index (χ3n) is 5.59. The molecule has 0 unspecified atom stereocenters.